The Hall–Kier alpha value is -3.75. The number of rotatable bonds is 4. The molecule has 0 unspecified atom stereocenters. The molecule has 0 bridgehead atoms. The topological polar surface area (TPSA) is 39.9 Å². The fraction of sp³-hybridized carbons (Fsp3) is 0.125. The number of hydrogen-bond acceptors (Lipinski definition) is 3. The predicted molar refractivity (Wildman–Crippen MR) is 145 cm³/mol. The van der Waals surface area contributed by atoms with E-state index in [1.54, 1.807) is 0 Å². The van der Waals surface area contributed by atoms with Gasteiger partial charge in [0.2, 0.25) is 5.88 Å². The number of para-hydroxylation sites is 1. The zero-order valence-electron chi connectivity index (χ0n) is 20.8. The van der Waals surface area contributed by atoms with Crippen LogP contribution in [0, 0.1) is 12.1 Å². The van der Waals surface area contributed by atoms with Gasteiger partial charge in [0.25, 0.3) is 0 Å². The van der Waals surface area contributed by atoms with E-state index < -0.39 is 0 Å². The number of benzene rings is 3. The molecular weight excluding hydrogens is 637 g/mol. The summed E-state index contributed by atoms with van der Waals surface area (Å²) in [6.07, 6.45) is 1.82. The van der Waals surface area contributed by atoms with Crippen molar-refractivity contribution in [3.63, 3.8) is 0 Å². The van der Waals surface area contributed by atoms with Gasteiger partial charge < -0.3 is 9.30 Å². The van der Waals surface area contributed by atoms with Crippen LogP contribution in [0.15, 0.2) is 97.2 Å². The van der Waals surface area contributed by atoms with Crippen molar-refractivity contribution < 1.29 is 25.8 Å². The van der Waals surface area contributed by atoms with E-state index in [0.717, 1.165) is 39.1 Å². The molecule has 0 aliphatic heterocycles. The average Bonchev–Trinajstić information content (AvgIpc) is 3.23. The monoisotopic (exact) mass is 662 g/mol. The van der Waals surface area contributed by atoms with E-state index >= 15 is 0 Å². The Balaban J connectivity index is 0.00000280. The Morgan fingerprint density at radius 1 is 0.730 bits per heavy atom. The van der Waals surface area contributed by atoms with Gasteiger partial charge in [-0.3, -0.25) is 0 Å². The molecule has 0 aliphatic rings. The summed E-state index contributed by atoms with van der Waals surface area (Å²) >= 11 is 0. The first-order valence-corrected chi connectivity index (χ1v) is 12.0. The van der Waals surface area contributed by atoms with Crippen LogP contribution >= 0.6 is 0 Å². The molecule has 0 saturated carbocycles. The third-order valence-electron chi connectivity index (χ3n) is 6.23. The van der Waals surface area contributed by atoms with Crippen molar-refractivity contribution in [2.75, 3.05) is 0 Å². The Kier molecular flexibility index (Phi) is 6.70. The van der Waals surface area contributed by atoms with Gasteiger partial charge in [-0.15, -0.1) is 18.2 Å². The second kappa shape index (κ2) is 9.95. The second-order valence-electron chi connectivity index (χ2n) is 9.82. The largest absolute Gasteiger partial charge is 2.00 e. The van der Waals surface area contributed by atoms with Crippen LogP contribution in [0.2, 0.25) is 0 Å². The standard InChI is InChI=1S/C32H25N3O.Pt/c1-32(2,3)29-14-9-16-31(34-29)36-24-11-8-10-22(20-24)23-17-18-26-25-12-4-5-13-27(25)35(28(26)21-23)30-15-6-7-19-33-30;/h4-19H,1-3H3;/q-2;+2. The first kappa shape index (κ1) is 24.9. The Morgan fingerprint density at radius 2 is 1.51 bits per heavy atom. The van der Waals surface area contributed by atoms with Crippen LogP contribution in [-0.4, -0.2) is 14.5 Å². The average molecular weight is 663 g/mol. The molecule has 0 N–H and O–H groups in total. The van der Waals surface area contributed by atoms with Crippen LogP contribution in [-0.2, 0) is 26.5 Å². The SMILES string of the molecule is CC(C)(C)c1cccc(Oc2[c-]c(-c3[c-]c4c(cc3)c3ccccc3n4-c3ccccn3)ccc2)n1.[Pt+2]. The first-order chi connectivity index (χ1) is 17.5. The molecule has 0 saturated heterocycles. The van der Waals surface area contributed by atoms with Gasteiger partial charge in [-0.1, -0.05) is 56.5 Å². The predicted octanol–water partition coefficient (Wildman–Crippen LogP) is 7.93. The summed E-state index contributed by atoms with van der Waals surface area (Å²) in [6.45, 7) is 6.42. The molecule has 0 radical (unpaired) electrons. The minimum absolute atomic E-state index is 0. The number of hydrogen-bond donors (Lipinski definition) is 0. The van der Waals surface area contributed by atoms with E-state index in [1.807, 2.05) is 60.8 Å². The summed E-state index contributed by atoms with van der Waals surface area (Å²) in [5.41, 5.74) is 4.85. The molecule has 37 heavy (non-hydrogen) atoms. The molecule has 3 heterocycles. The number of aromatic nitrogens is 3. The molecule has 0 atom stereocenters. The molecular formula is C32H25N3OPt. The van der Waals surface area contributed by atoms with E-state index in [4.69, 9.17) is 9.72 Å². The maximum absolute atomic E-state index is 6.11. The molecule has 0 amide bonds. The van der Waals surface area contributed by atoms with Crippen molar-refractivity contribution in [3.05, 3.63) is 115 Å². The quantitative estimate of drug-likeness (QED) is 0.180. The summed E-state index contributed by atoms with van der Waals surface area (Å²) in [7, 11) is 0. The molecule has 6 aromatic rings. The Bertz CT molecular complexity index is 1700. The second-order valence-corrected chi connectivity index (χ2v) is 9.82. The van der Waals surface area contributed by atoms with Gasteiger partial charge >= 0.3 is 21.1 Å². The van der Waals surface area contributed by atoms with E-state index in [9.17, 15) is 0 Å². The molecule has 184 valence electrons. The third-order valence-corrected chi connectivity index (χ3v) is 6.23. The van der Waals surface area contributed by atoms with Crippen molar-refractivity contribution in [1.29, 1.82) is 0 Å². The minimum Gasteiger partial charge on any atom is -0.460 e. The fourth-order valence-electron chi connectivity index (χ4n) is 4.44. The van der Waals surface area contributed by atoms with Gasteiger partial charge in [0.05, 0.1) is 0 Å². The fourth-order valence-corrected chi connectivity index (χ4v) is 4.44. The summed E-state index contributed by atoms with van der Waals surface area (Å²) in [6, 6.07) is 37.4. The maximum atomic E-state index is 6.11. The normalized spacial score (nSPS) is 11.4. The van der Waals surface area contributed by atoms with Crippen molar-refractivity contribution in [2.45, 2.75) is 26.2 Å². The Labute approximate surface area is 231 Å². The van der Waals surface area contributed by atoms with Crippen LogP contribution in [0.4, 0.5) is 0 Å². The van der Waals surface area contributed by atoms with Crippen LogP contribution in [0.1, 0.15) is 26.5 Å². The molecule has 5 heteroatoms. The summed E-state index contributed by atoms with van der Waals surface area (Å²) in [5.74, 6) is 2.04. The third kappa shape index (κ3) is 4.82. The van der Waals surface area contributed by atoms with Crippen molar-refractivity contribution in [2.24, 2.45) is 0 Å². The zero-order chi connectivity index (χ0) is 24.7. The van der Waals surface area contributed by atoms with Gasteiger partial charge in [-0.05, 0) is 35.2 Å². The van der Waals surface area contributed by atoms with Gasteiger partial charge in [0.15, 0.2) is 0 Å². The van der Waals surface area contributed by atoms with Crippen LogP contribution < -0.4 is 4.74 Å². The zero-order valence-corrected chi connectivity index (χ0v) is 23.1. The number of ether oxygens (including phenoxy) is 1. The molecule has 3 aromatic heterocycles. The molecule has 0 aliphatic carbocycles. The number of pyridine rings is 2. The van der Waals surface area contributed by atoms with Gasteiger partial charge in [0, 0.05) is 34.6 Å². The van der Waals surface area contributed by atoms with Gasteiger partial charge in [-0.2, -0.15) is 24.3 Å². The summed E-state index contributed by atoms with van der Waals surface area (Å²) in [5, 5.41) is 2.31. The van der Waals surface area contributed by atoms with E-state index in [2.05, 4.69) is 78.9 Å². The van der Waals surface area contributed by atoms with Crippen LogP contribution in [0.25, 0.3) is 38.8 Å². The van der Waals surface area contributed by atoms with Gasteiger partial charge in [-0.25, -0.2) is 21.1 Å². The molecule has 3 aromatic carbocycles. The smallest absolute Gasteiger partial charge is 0.460 e. The van der Waals surface area contributed by atoms with Gasteiger partial charge in [0.1, 0.15) is 5.82 Å². The van der Waals surface area contributed by atoms with Crippen molar-refractivity contribution >= 4 is 21.8 Å². The van der Waals surface area contributed by atoms with E-state index in [1.165, 1.54) is 5.39 Å². The van der Waals surface area contributed by atoms with Crippen molar-refractivity contribution in [3.8, 4) is 28.6 Å². The number of fused-ring (bicyclic) bond motifs is 3. The molecule has 4 nitrogen and oxygen atoms in total. The van der Waals surface area contributed by atoms with Crippen LogP contribution in [0.3, 0.4) is 0 Å². The van der Waals surface area contributed by atoms with Crippen molar-refractivity contribution in [1.82, 2.24) is 14.5 Å². The molecule has 6 rings (SSSR count). The van der Waals surface area contributed by atoms with E-state index in [-0.39, 0.29) is 26.5 Å². The first-order valence-electron chi connectivity index (χ1n) is 12.0. The molecule has 0 fully saturated rings. The van der Waals surface area contributed by atoms with E-state index in [0.29, 0.717) is 11.6 Å². The minimum atomic E-state index is -0.0542. The molecule has 0 spiro atoms. The summed E-state index contributed by atoms with van der Waals surface area (Å²) < 4.78 is 8.27. The summed E-state index contributed by atoms with van der Waals surface area (Å²) in [4.78, 5) is 9.31. The number of nitrogens with zero attached hydrogens (tertiary/aromatic N) is 3. The van der Waals surface area contributed by atoms with Crippen LogP contribution in [0.5, 0.6) is 11.6 Å². The maximum Gasteiger partial charge on any atom is 2.00 e. The Morgan fingerprint density at radius 3 is 2.32 bits per heavy atom.